The minimum absolute atomic E-state index is 0.608. The van der Waals surface area contributed by atoms with Crippen LogP contribution in [0.5, 0.6) is 0 Å². The topological polar surface area (TPSA) is 46.5 Å². The van der Waals surface area contributed by atoms with Crippen LogP contribution in [0, 0.1) is 11.3 Å². The van der Waals surface area contributed by atoms with Crippen molar-refractivity contribution >= 4 is 107 Å². The lowest BCUT2D eigenvalue weighted by molar-refractivity contribution is 1.14. The molecule has 0 unspecified atom stereocenters. The van der Waals surface area contributed by atoms with Crippen LogP contribution in [0.1, 0.15) is 5.56 Å². The van der Waals surface area contributed by atoms with Gasteiger partial charge in [-0.2, -0.15) is 5.26 Å². The lowest BCUT2D eigenvalue weighted by Crippen LogP contribution is -2.02. The second-order valence-corrected chi connectivity index (χ2v) is 15.9. The molecule has 0 saturated carbocycles. The molecule has 0 N–H and O–H groups in total. The van der Waals surface area contributed by atoms with Gasteiger partial charge in [-0.15, -0.1) is 22.7 Å². The van der Waals surface area contributed by atoms with Gasteiger partial charge in [0.05, 0.1) is 45.1 Å². The molecule has 0 radical (unpaired) electrons. The smallest absolute Gasteiger partial charge is 0.0992 e. The van der Waals surface area contributed by atoms with Crippen LogP contribution in [-0.2, 0) is 0 Å². The Bertz CT molecular complexity index is 3590. The molecule has 7 aromatic carbocycles. The quantitative estimate of drug-likeness (QED) is 0.182. The predicted octanol–water partition coefficient (Wildman–Crippen LogP) is 13.6. The molecule has 54 heavy (non-hydrogen) atoms. The van der Waals surface area contributed by atoms with E-state index in [1.165, 1.54) is 61.9 Å². The number of nitriles is 1. The first kappa shape index (κ1) is 29.8. The highest BCUT2D eigenvalue weighted by Gasteiger charge is 2.23. The second kappa shape index (κ2) is 11.1. The number of aromatic nitrogens is 3. The Morgan fingerprint density at radius 2 is 1.00 bits per heavy atom. The summed E-state index contributed by atoms with van der Waals surface area (Å²) in [7, 11) is 0. The summed E-state index contributed by atoms with van der Waals surface area (Å²) in [6.07, 6.45) is 3.87. The molecule has 5 aromatic heterocycles. The minimum Gasteiger partial charge on any atom is -0.309 e. The van der Waals surface area contributed by atoms with Crippen molar-refractivity contribution in [3.63, 3.8) is 0 Å². The fourth-order valence-corrected chi connectivity index (χ4v) is 11.3. The summed E-state index contributed by atoms with van der Waals surface area (Å²) < 4.78 is 9.91. The molecule has 12 rings (SSSR count). The Morgan fingerprint density at radius 1 is 0.463 bits per heavy atom. The van der Waals surface area contributed by atoms with E-state index in [2.05, 4.69) is 149 Å². The first-order chi connectivity index (χ1) is 26.8. The zero-order valence-corrected chi connectivity index (χ0v) is 30.2. The molecule has 250 valence electrons. The van der Waals surface area contributed by atoms with E-state index in [0.29, 0.717) is 5.56 Å². The van der Waals surface area contributed by atoms with Crippen LogP contribution in [0.15, 0.2) is 158 Å². The molecule has 0 aliphatic heterocycles. The number of pyridine rings is 1. The molecule has 5 heterocycles. The molecule has 0 aliphatic carbocycles. The number of hydrogen-bond acceptors (Lipinski definition) is 4. The first-order valence-electron chi connectivity index (χ1n) is 17.9. The van der Waals surface area contributed by atoms with E-state index in [1.807, 2.05) is 47.2 Å². The zero-order chi connectivity index (χ0) is 35.5. The average molecular weight is 723 g/mol. The van der Waals surface area contributed by atoms with Crippen LogP contribution in [0.2, 0.25) is 0 Å². The summed E-state index contributed by atoms with van der Waals surface area (Å²) in [6.45, 7) is 0. The number of nitrogens with zero attached hydrogens (tertiary/aromatic N) is 4. The van der Waals surface area contributed by atoms with Gasteiger partial charge in [0.15, 0.2) is 0 Å². The van der Waals surface area contributed by atoms with Gasteiger partial charge < -0.3 is 9.13 Å². The Balaban J connectivity index is 1.18. The van der Waals surface area contributed by atoms with Crippen LogP contribution in [0.25, 0.3) is 106 Å². The minimum atomic E-state index is 0.608. The number of hydrogen-bond donors (Lipinski definition) is 0. The monoisotopic (exact) mass is 722 g/mol. The van der Waals surface area contributed by atoms with Gasteiger partial charge in [-0.05, 0) is 54.6 Å². The molecule has 0 saturated heterocycles. The summed E-state index contributed by atoms with van der Waals surface area (Å²) in [5.41, 5.74) is 9.10. The Labute approximate surface area is 316 Å². The van der Waals surface area contributed by atoms with Crippen LogP contribution >= 0.6 is 22.7 Å². The summed E-state index contributed by atoms with van der Waals surface area (Å²) in [6, 6.07) is 54.5. The number of rotatable bonds is 3. The highest BCUT2D eigenvalue weighted by Crippen LogP contribution is 2.47. The fraction of sp³-hybridized carbons (Fsp3) is 0. The van der Waals surface area contributed by atoms with Crippen molar-refractivity contribution in [2.24, 2.45) is 0 Å². The lowest BCUT2D eigenvalue weighted by Gasteiger charge is -2.18. The second-order valence-electron chi connectivity index (χ2n) is 13.8. The Kier molecular flexibility index (Phi) is 6.12. The molecular formula is C48H26N4S2. The Hall–Kier alpha value is -6.78. The zero-order valence-electron chi connectivity index (χ0n) is 28.6. The summed E-state index contributed by atoms with van der Waals surface area (Å²) in [4.78, 5) is 4.74. The molecule has 12 aromatic rings. The highest BCUT2D eigenvalue weighted by molar-refractivity contribution is 7.27. The number of para-hydroxylation sites is 2. The van der Waals surface area contributed by atoms with Gasteiger partial charge in [-0.1, -0.05) is 91.0 Å². The van der Waals surface area contributed by atoms with Crippen LogP contribution in [0.4, 0.5) is 0 Å². The van der Waals surface area contributed by atoms with E-state index < -0.39 is 0 Å². The number of fused-ring (bicyclic) bond motifs is 14. The first-order valence-corrected chi connectivity index (χ1v) is 19.6. The Morgan fingerprint density at radius 3 is 1.59 bits per heavy atom. The van der Waals surface area contributed by atoms with Crippen molar-refractivity contribution in [3.05, 3.63) is 164 Å². The average Bonchev–Trinajstić information content (AvgIpc) is 3.98. The van der Waals surface area contributed by atoms with Crippen molar-refractivity contribution in [1.82, 2.24) is 14.1 Å². The highest BCUT2D eigenvalue weighted by atomic mass is 32.1. The molecule has 6 heteroatoms. The van der Waals surface area contributed by atoms with Crippen molar-refractivity contribution in [3.8, 4) is 28.6 Å². The van der Waals surface area contributed by atoms with E-state index in [1.54, 1.807) is 0 Å². The lowest BCUT2D eigenvalue weighted by atomic mass is 10.0. The number of thiophene rings is 2. The summed E-state index contributed by atoms with van der Waals surface area (Å²) in [5.74, 6) is 0. The van der Waals surface area contributed by atoms with Crippen molar-refractivity contribution < 1.29 is 0 Å². The van der Waals surface area contributed by atoms with Crippen molar-refractivity contribution in [2.75, 3.05) is 0 Å². The van der Waals surface area contributed by atoms with Gasteiger partial charge in [0, 0.05) is 85.4 Å². The van der Waals surface area contributed by atoms with Crippen LogP contribution in [-0.4, -0.2) is 14.1 Å². The molecular weight excluding hydrogens is 697 g/mol. The third-order valence-corrected chi connectivity index (χ3v) is 13.5. The van der Waals surface area contributed by atoms with Gasteiger partial charge in [-0.3, -0.25) is 4.98 Å². The maximum Gasteiger partial charge on any atom is 0.0992 e. The molecule has 0 amide bonds. The van der Waals surface area contributed by atoms with E-state index in [-0.39, 0.29) is 0 Å². The van der Waals surface area contributed by atoms with Crippen LogP contribution < -0.4 is 0 Å². The van der Waals surface area contributed by atoms with Gasteiger partial charge in [0.2, 0.25) is 0 Å². The SMILES string of the molecule is N#Cc1ccc(-c2cnccc2-n2c3ccccc3c3c4sc5ccccc5c4ccc32)c(-n2c3ccccc3c3c4sc5ccccc5c4ccc32)c1. The van der Waals surface area contributed by atoms with Crippen molar-refractivity contribution in [2.45, 2.75) is 0 Å². The largest absolute Gasteiger partial charge is 0.309 e. The van der Waals surface area contributed by atoms with Gasteiger partial charge in [0.1, 0.15) is 0 Å². The summed E-state index contributed by atoms with van der Waals surface area (Å²) in [5, 5.41) is 20.3. The maximum absolute atomic E-state index is 10.3. The molecule has 0 fully saturated rings. The molecule has 0 spiro atoms. The summed E-state index contributed by atoms with van der Waals surface area (Å²) >= 11 is 3.71. The predicted molar refractivity (Wildman–Crippen MR) is 229 cm³/mol. The maximum atomic E-state index is 10.3. The van der Waals surface area contributed by atoms with Crippen molar-refractivity contribution in [1.29, 1.82) is 5.26 Å². The molecule has 0 aliphatic rings. The van der Waals surface area contributed by atoms with Crippen LogP contribution in [0.3, 0.4) is 0 Å². The van der Waals surface area contributed by atoms with Gasteiger partial charge in [-0.25, -0.2) is 0 Å². The molecule has 4 nitrogen and oxygen atoms in total. The standard InChI is InChI=1S/C48H26N4S2/c49-26-28-17-18-29(42(25-28)52-38-14-6-2-12-35(38)46-41(52)22-20-33-31-10-4-8-16-44(31)54-48(33)46)36-27-50-24-23-39(36)51-37-13-5-1-11-34(37)45-40(51)21-19-32-30-9-3-7-15-43(30)53-47(32)45/h1-25,27H. The third kappa shape index (κ3) is 3.97. The van der Waals surface area contributed by atoms with Gasteiger partial charge in [0.25, 0.3) is 0 Å². The number of benzene rings is 7. The van der Waals surface area contributed by atoms with Gasteiger partial charge >= 0.3 is 0 Å². The third-order valence-electron chi connectivity index (χ3n) is 11.1. The molecule has 0 atom stereocenters. The fourth-order valence-electron chi connectivity index (χ4n) is 8.79. The van der Waals surface area contributed by atoms with E-state index >= 15 is 0 Å². The molecule has 0 bridgehead atoms. The van der Waals surface area contributed by atoms with E-state index in [0.717, 1.165) is 44.6 Å². The normalized spacial score (nSPS) is 12.1. The van der Waals surface area contributed by atoms with E-state index in [4.69, 9.17) is 4.98 Å². The van der Waals surface area contributed by atoms with E-state index in [9.17, 15) is 5.26 Å².